The number of rotatable bonds is 4. The first-order chi connectivity index (χ1) is 8.71. The van der Waals surface area contributed by atoms with Crippen molar-refractivity contribution in [2.24, 2.45) is 0 Å². The van der Waals surface area contributed by atoms with E-state index in [9.17, 15) is 18.0 Å². The van der Waals surface area contributed by atoms with Crippen molar-refractivity contribution in [2.75, 3.05) is 26.4 Å². The third-order valence-electron chi connectivity index (χ3n) is 2.41. The standard InChI is InChI=1S/C12H15F3N2O2/c1-17(2)11(18)5-6-19-10-4-3-8(7-9(10)16)12(13,14)15/h3-4,7H,5-6,16H2,1-2H3. The lowest BCUT2D eigenvalue weighted by molar-refractivity contribution is -0.137. The molecule has 7 heteroatoms. The van der Waals surface area contributed by atoms with Gasteiger partial charge in [0, 0.05) is 14.1 Å². The first kappa shape index (κ1) is 15.1. The number of nitrogens with zero attached hydrogens (tertiary/aromatic N) is 1. The number of ether oxygens (including phenoxy) is 1. The lowest BCUT2D eigenvalue weighted by atomic mass is 10.2. The molecule has 2 N–H and O–H groups in total. The molecule has 106 valence electrons. The zero-order valence-electron chi connectivity index (χ0n) is 10.6. The summed E-state index contributed by atoms with van der Waals surface area (Å²) >= 11 is 0. The predicted octanol–water partition coefficient (Wildman–Crippen LogP) is 2.14. The van der Waals surface area contributed by atoms with Gasteiger partial charge in [-0.15, -0.1) is 0 Å². The van der Waals surface area contributed by atoms with Crippen molar-refractivity contribution in [1.29, 1.82) is 0 Å². The normalized spacial score (nSPS) is 11.2. The molecule has 1 rings (SSSR count). The predicted molar refractivity (Wildman–Crippen MR) is 64.7 cm³/mol. The number of amides is 1. The molecule has 1 aromatic rings. The molecule has 0 aromatic heterocycles. The SMILES string of the molecule is CN(C)C(=O)CCOc1ccc(C(F)(F)F)cc1N. The van der Waals surface area contributed by atoms with E-state index in [1.54, 1.807) is 14.1 Å². The van der Waals surface area contributed by atoms with Crippen LogP contribution >= 0.6 is 0 Å². The Hall–Kier alpha value is -1.92. The highest BCUT2D eigenvalue weighted by Gasteiger charge is 2.30. The van der Waals surface area contributed by atoms with Crippen molar-refractivity contribution >= 4 is 11.6 Å². The zero-order chi connectivity index (χ0) is 14.6. The second kappa shape index (κ2) is 5.81. The minimum absolute atomic E-state index is 0.0621. The molecule has 0 spiro atoms. The quantitative estimate of drug-likeness (QED) is 0.857. The number of halogens is 3. The second-order valence-corrected chi connectivity index (χ2v) is 4.14. The van der Waals surface area contributed by atoms with E-state index < -0.39 is 11.7 Å². The number of hydrogen-bond acceptors (Lipinski definition) is 3. The molecule has 1 amide bonds. The summed E-state index contributed by atoms with van der Waals surface area (Å²) < 4.78 is 42.4. The highest BCUT2D eigenvalue weighted by Crippen LogP contribution is 2.33. The van der Waals surface area contributed by atoms with Crippen LogP contribution in [-0.2, 0) is 11.0 Å². The molecule has 1 aromatic carbocycles. The lowest BCUT2D eigenvalue weighted by Crippen LogP contribution is -2.23. The van der Waals surface area contributed by atoms with Crippen molar-refractivity contribution in [3.8, 4) is 5.75 Å². The van der Waals surface area contributed by atoms with E-state index in [1.165, 1.54) is 4.90 Å². The molecule has 0 aliphatic heterocycles. The van der Waals surface area contributed by atoms with Crippen LogP contribution < -0.4 is 10.5 Å². The van der Waals surface area contributed by atoms with E-state index >= 15 is 0 Å². The fourth-order valence-electron chi connectivity index (χ4n) is 1.33. The van der Waals surface area contributed by atoms with Gasteiger partial charge in [0.05, 0.1) is 24.3 Å². The number of carbonyl (C=O) groups is 1. The van der Waals surface area contributed by atoms with E-state index in [2.05, 4.69) is 0 Å². The van der Waals surface area contributed by atoms with Crippen molar-refractivity contribution < 1.29 is 22.7 Å². The van der Waals surface area contributed by atoms with E-state index in [0.717, 1.165) is 18.2 Å². The van der Waals surface area contributed by atoms with Gasteiger partial charge in [-0.2, -0.15) is 13.2 Å². The van der Waals surface area contributed by atoms with E-state index in [4.69, 9.17) is 10.5 Å². The van der Waals surface area contributed by atoms with Crippen molar-refractivity contribution in [3.05, 3.63) is 23.8 Å². The molecule has 0 saturated carbocycles. The van der Waals surface area contributed by atoms with Crippen LogP contribution in [0.3, 0.4) is 0 Å². The van der Waals surface area contributed by atoms with Crippen molar-refractivity contribution in [1.82, 2.24) is 4.90 Å². The van der Waals surface area contributed by atoms with Crippen LogP contribution in [0.25, 0.3) is 0 Å². The third kappa shape index (κ3) is 4.35. The Labute approximate surface area is 108 Å². The number of anilines is 1. The molecule has 0 bridgehead atoms. The van der Waals surface area contributed by atoms with Gasteiger partial charge in [-0.05, 0) is 18.2 Å². The van der Waals surface area contributed by atoms with Gasteiger partial charge < -0.3 is 15.4 Å². The molecular formula is C12H15F3N2O2. The maximum Gasteiger partial charge on any atom is 0.416 e. The van der Waals surface area contributed by atoms with Gasteiger partial charge in [0.1, 0.15) is 5.75 Å². The average molecular weight is 276 g/mol. The van der Waals surface area contributed by atoms with E-state index in [-0.39, 0.29) is 30.4 Å². The number of benzene rings is 1. The van der Waals surface area contributed by atoms with Gasteiger partial charge in [0.25, 0.3) is 0 Å². The Kier molecular flexibility index (Phi) is 4.63. The Bertz CT molecular complexity index is 459. The summed E-state index contributed by atoms with van der Waals surface area (Å²) in [7, 11) is 3.21. The minimum Gasteiger partial charge on any atom is -0.491 e. The van der Waals surface area contributed by atoms with Gasteiger partial charge in [-0.3, -0.25) is 4.79 Å². The van der Waals surface area contributed by atoms with Crippen LogP contribution in [0.1, 0.15) is 12.0 Å². The first-order valence-corrected chi connectivity index (χ1v) is 5.51. The molecule has 0 aliphatic carbocycles. The monoisotopic (exact) mass is 276 g/mol. The number of nitrogens with two attached hydrogens (primary N) is 1. The molecule has 0 radical (unpaired) electrons. The number of alkyl halides is 3. The Morgan fingerprint density at radius 2 is 2.00 bits per heavy atom. The van der Waals surface area contributed by atoms with Gasteiger partial charge >= 0.3 is 6.18 Å². The Balaban J connectivity index is 2.64. The molecule has 0 unspecified atom stereocenters. The van der Waals surface area contributed by atoms with E-state index in [1.807, 2.05) is 0 Å². The molecule has 0 saturated heterocycles. The van der Waals surface area contributed by atoms with Gasteiger partial charge in [0.15, 0.2) is 0 Å². The van der Waals surface area contributed by atoms with Crippen molar-refractivity contribution in [2.45, 2.75) is 12.6 Å². The fourth-order valence-corrected chi connectivity index (χ4v) is 1.33. The number of carbonyl (C=O) groups excluding carboxylic acids is 1. The zero-order valence-corrected chi connectivity index (χ0v) is 10.6. The molecule has 0 heterocycles. The van der Waals surface area contributed by atoms with Crippen LogP contribution in [0.15, 0.2) is 18.2 Å². The summed E-state index contributed by atoms with van der Waals surface area (Å²) in [6.45, 7) is 0.0621. The molecule has 0 atom stereocenters. The minimum atomic E-state index is -4.44. The topological polar surface area (TPSA) is 55.6 Å². The van der Waals surface area contributed by atoms with Crippen LogP contribution in [0.4, 0.5) is 18.9 Å². The van der Waals surface area contributed by atoms with E-state index in [0.29, 0.717) is 0 Å². The maximum absolute atomic E-state index is 12.4. The van der Waals surface area contributed by atoms with Crippen molar-refractivity contribution in [3.63, 3.8) is 0 Å². The smallest absolute Gasteiger partial charge is 0.416 e. The summed E-state index contributed by atoms with van der Waals surface area (Å²) in [5, 5.41) is 0. The molecule has 19 heavy (non-hydrogen) atoms. The highest BCUT2D eigenvalue weighted by molar-refractivity contribution is 5.75. The molecular weight excluding hydrogens is 261 g/mol. The summed E-state index contributed by atoms with van der Waals surface area (Å²) in [6, 6.07) is 2.85. The number of nitrogen functional groups attached to an aromatic ring is 1. The molecule has 0 aliphatic rings. The van der Waals surface area contributed by atoms with Crippen LogP contribution in [0.2, 0.25) is 0 Å². The number of hydrogen-bond donors (Lipinski definition) is 1. The Morgan fingerprint density at radius 3 is 2.47 bits per heavy atom. The second-order valence-electron chi connectivity index (χ2n) is 4.14. The van der Waals surface area contributed by atoms with Gasteiger partial charge in [0.2, 0.25) is 5.91 Å². The highest BCUT2D eigenvalue weighted by atomic mass is 19.4. The summed E-state index contributed by atoms with van der Waals surface area (Å²) in [4.78, 5) is 12.7. The third-order valence-corrected chi connectivity index (χ3v) is 2.41. The lowest BCUT2D eigenvalue weighted by Gasteiger charge is -2.13. The summed E-state index contributed by atoms with van der Waals surface area (Å²) in [6.07, 6.45) is -4.30. The van der Waals surface area contributed by atoms with Gasteiger partial charge in [-0.1, -0.05) is 0 Å². The largest absolute Gasteiger partial charge is 0.491 e. The van der Waals surface area contributed by atoms with Crippen LogP contribution in [0.5, 0.6) is 5.75 Å². The molecule has 4 nitrogen and oxygen atoms in total. The average Bonchev–Trinajstić information content (AvgIpc) is 2.29. The fraction of sp³-hybridized carbons (Fsp3) is 0.417. The summed E-state index contributed by atoms with van der Waals surface area (Å²) in [5.41, 5.74) is 4.54. The van der Waals surface area contributed by atoms with Crippen LogP contribution in [0, 0.1) is 0 Å². The van der Waals surface area contributed by atoms with Crippen LogP contribution in [-0.4, -0.2) is 31.5 Å². The maximum atomic E-state index is 12.4. The summed E-state index contributed by atoms with van der Waals surface area (Å²) in [5.74, 6) is 0.00467. The molecule has 0 fully saturated rings. The Morgan fingerprint density at radius 1 is 1.37 bits per heavy atom. The van der Waals surface area contributed by atoms with Gasteiger partial charge in [-0.25, -0.2) is 0 Å². The first-order valence-electron chi connectivity index (χ1n) is 5.51.